The van der Waals surface area contributed by atoms with Gasteiger partial charge in [-0.2, -0.15) is 4.98 Å². The summed E-state index contributed by atoms with van der Waals surface area (Å²) in [6.07, 6.45) is 5.96. The van der Waals surface area contributed by atoms with Gasteiger partial charge in [0.15, 0.2) is 11.5 Å². The molecule has 5 heterocycles. The molecule has 1 unspecified atom stereocenters. The van der Waals surface area contributed by atoms with Crippen LogP contribution in [-0.4, -0.2) is 67.0 Å². The van der Waals surface area contributed by atoms with E-state index >= 15 is 0 Å². The maximum absolute atomic E-state index is 13.3. The molecule has 11 heteroatoms. The highest BCUT2D eigenvalue weighted by Crippen LogP contribution is 2.25. The fourth-order valence-corrected chi connectivity index (χ4v) is 5.17. The summed E-state index contributed by atoms with van der Waals surface area (Å²) in [4.78, 5) is 44.3. The molecule has 5 aromatic rings. The van der Waals surface area contributed by atoms with Gasteiger partial charge in [0.1, 0.15) is 11.2 Å². The van der Waals surface area contributed by atoms with Gasteiger partial charge in [0, 0.05) is 49.0 Å². The first-order chi connectivity index (χ1) is 19.9. The number of allylic oxidation sites excluding steroid dienone is 1. The minimum absolute atomic E-state index is 0.208. The minimum atomic E-state index is -0.262. The summed E-state index contributed by atoms with van der Waals surface area (Å²) in [7, 11) is 4.25. The smallest absolute Gasteiger partial charge is 0.278 e. The van der Waals surface area contributed by atoms with Gasteiger partial charge in [-0.3, -0.25) is 14.2 Å². The van der Waals surface area contributed by atoms with Crippen molar-refractivity contribution in [1.82, 2.24) is 33.8 Å². The van der Waals surface area contributed by atoms with Crippen LogP contribution in [0.25, 0.3) is 22.7 Å². The highest BCUT2D eigenvalue weighted by Gasteiger charge is 2.24. The van der Waals surface area contributed by atoms with Gasteiger partial charge in [-0.1, -0.05) is 18.2 Å². The molecule has 0 aliphatic carbocycles. The van der Waals surface area contributed by atoms with Crippen LogP contribution in [0.3, 0.4) is 0 Å². The van der Waals surface area contributed by atoms with Gasteiger partial charge in [-0.15, -0.1) is 6.58 Å². The standard InChI is InChI=1S/C30H31N9O2/c1-4-16-38-29(41)24-19-31-30(32-21-11-13-22(14-12-21)36-18-15-23(20-36)35(2)3)34-28(24)39(38)26-9-7-8-25(33-26)37-17-6-5-10-27(37)40/h4-14,17,19,23H,1,15-16,18,20H2,2-3H3,(H,31,32,34). The van der Waals surface area contributed by atoms with Gasteiger partial charge in [0.25, 0.3) is 11.1 Å². The largest absolute Gasteiger partial charge is 0.370 e. The van der Waals surface area contributed by atoms with Crippen LogP contribution in [0.15, 0.2) is 95.3 Å². The summed E-state index contributed by atoms with van der Waals surface area (Å²) >= 11 is 0. The van der Waals surface area contributed by atoms with E-state index in [1.165, 1.54) is 27.2 Å². The number of benzene rings is 1. The Morgan fingerprint density at radius 1 is 1.02 bits per heavy atom. The molecule has 41 heavy (non-hydrogen) atoms. The number of nitrogens with zero attached hydrogens (tertiary/aromatic N) is 8. The normalized spacial score (nSPS) is 15.1. The Morgan fingerprint density at radius 2 is 1.83 bits per heavy atom. The predicted molar refractivity (Wildman–Crippen MR) is 161 cm³/mol. The Labute approximate surface area is 236 Å². The highest BCUT2D eigenvalue weighted by atomic mass is 16.1. The fourth-order valence-electron chi connectivity index (χ4n) is 5.17. The molecule has 1 saturated heterocycles. The van der Waals surface area contributed by atoms with Crippen LogP contribution in [0, 0.1) is 0 Å². The highest BCUT2D eigenvalue weighted by molar-refractivity contribution is 5.77. The Hall–Kier alpha value is -5.03. The number of hydrogen-bond acceptors (Lipinski definition) is 8. The molecule has 0 radical (unpaired) electrons. The van der Waals surface area contributed by atoms with Crippen molar-refractivity contribution in [2.75, 3.05) is 37.4 Å². The second-order valence-electron chi connectivity index (χ2n) is 10.2. The zero-order chi connectivity index (χ0) is 28.5. The summed E-state index contributed by atoms with van der Waals surface area (Å²) in [5.74, 6) is 1.21. The topological polar surface area (TPSA) is 106 Å². The molecule has 11 nitrogen and oxygen atoms in total. The predicted octanol–water partition coefficient (Wildman–Crippen LogP) is 3.20. The third-order valence-corrected chi connectivity index (χ3v) is 7.37. The molecule has 1 aliphatic rings. The first-order valence-corrected chi connectivity index (χ1v) is 13.5. The van der Waals surface area contributed by atoms with Gasteiger partial charge < -0.3 is 15.1 Å². The molecular weight excluding hydrogens is 518 g/mol. The summed E-state index contributed by atoms with van der Waals surface area (Å²) in [5.41, 5.74) is 1.93. The molecule has 1 aromatic carbocycles. The van der Waals surface area contributed by atoms with Crippen molar-refractivity contribution in [3.05, 3.63) is 106 Å². The van der Waals surface area contributed by atoms with Crippen LogP contribution in [0.1, 0.15) is 6.42 Å². The summed E-state index contributed by atoms with van der Waals surface area (Å²) in [5, 5.41) is 3.61. The minimum Gasteiger partial charge on any atom is -0.370 e. The number of hydrogen-bond donors (Lipinski definition) is 1. The maximum Gasteiger partial charge on any atom is 0.278 e. The van der Waals surface area contributed by atoms with E-state index in [1.807, 2.05) is 12.1 Å². The van der Waals surface area contributed by atoms with Crippen molar-refractivity contribution in [2.24, 2.45) is 0 Å². The Balaban J connectivity index is 1.35. The molecule has 1 N–H and O–H groups in total. The maximum atomic E-state index is 13.3. The second-order valence-corrected chi connectivity index (χ2v) is 10.2. The van der Waals surface area contributed by atoms with Crippen LogP contribution >= 0.6 is 0 Å². The van der Waals surface area contributed by atoms with E-state index in [0.717, 1.165) is 25.2 Å². The first-order valence-electron chi connectivity index (χ1n) is 13.5. The van der Waals surface area contributed by atoms with Crippen molar-refractivity contribution in [3.63, 3.8) is 0 Å². The van der Waals surface area contributed by atoms with Crippen LogP contribution in [0.5, 0.6) is 0 Å². The quantitative estimate of drug-likeness (QED) is 0.294. The van der Waals surface area contributed by atoms with Crippen LogP contribution in [-0.2, 0) is 6.54 Å². The molecule has 0 spiro atoms. The van der Waals surface area contributed by atoms with Gasteiger partial charge >= 0.3 is 0 Å². The third kappa shape index (κ3) is 5.03. The van der Waals surface area contributed by atoms with E-state index in [0.29, 0.717) is 34.7 Å². The van der Waals surface area contributed by atoms with Crippen LogP contribution in [0.4, 0.5) is 17.3 Å². The van der Waals surface area contributed by atoms with Gasteiger partial charge in [0.2, 0.25) is 5.95 Å². The second kappa shape index (κ2) is 10.9. The van der Waals surface area contributed by atoms with Crippen molar-refractivity contribution < 1.29 is 0 Å². The molecule has 4 aromatic heterocycles. The molecule has 6 rings (SSSR count). The lowest BCUT2D eigenvalue weighted by atomic mass is 10.2. The van der Waals surface area contributed by atoms with E-state index < -0.39 is 0 Å². The molecular formula is C30H31N9O2. The monoisotopic (exact) mass is 549 g/mol. The van der Waals surface area contributed by atoms with Gasteiger partial charge in [-0.25, -0.2) is 19.3 Å². The van der Waals surface area contributed by atoms with Gasteiger partial charge in [0.05, 0.1) is 6.54 Å². The molecule has 1 aliphatic heterocycles. The molecule has 1 atom stereocenters. The zero-order valence-electron chi connectivity index (χ0n) is 23.0. The Morgan fingerprint density at radius 3 is 2.56 bits per heavy atom. The molecule has 208 valence electrons. The third-order valence-electron chi connectivity index (χ3n) is 7.37. The van der Waals surface area contributed by atoms with E-state index in [1.54, 1.807) is 47.3 Å². The number of fused-ring (bicyclic) bond motifs is 1. The summed E-state index contributed by atoms with van der Waals surface area (Å²) in [6.45, 7) is 6.08. The van der Waals surface area contributed by atoms with Crippen molar-refractivity contribution in [2.45, 2.75) is 19.0 Å². The fraction of sp³-hybridized carbons (Fsp3) is 0.233. The van der Waals surface area contributed by atoms with Crippen molar-refractivity contribution in [1.29, 1.82) is 0 Å². The van der Waals surface area contributed by atoms with Crippen molar-refractivity contribution >= 4 is 28.4 Å². The molecule has 1 fully saturated rings. The lowest BCUT2D eigenvalue weighted by molar-refractivity contribution is 0.315. The lowest BCUT2D eigenvalue weighted by Crippen LogP contribution is -2.31. The van der Waals surface area contributed by atoms with E-state index in [4.69, 9.17) is 9.97 Å². The van der Waals surface area contributed by atoms with E-state index in [2.05, 4.69) is 52.9 Å². The Kier molecular flexibility index (Phi) is 6.94. The number of pyridine rings is 2. The Bertz CT molecular complexity index is 1840. The molecule has 0 amide bonds. The lowest BCUT2D eigenvalue weighted by Gasteiger charge is -2.22. The van der Waals surface area contributed by atoms with Crippen molar-refractivity contribution in [3.8, 4) is 11.6 Å². The van der Waals surface area contributed by atoms with Crippen LogP contribution < -0.4 is 21.3 Å². The zero-order valence-corrected chi connectivity index (χ0v) is 23.0. The van der Waals surface area contributed by atoms with E-state index in [-0.39, 0.29) is 17.7 Å². The van der Waals surface area contributed by atoms with E-state index in [9.17, 15) is 9.59 Å². The molecule has 0 bridgehead atoms. The number of aromatic nitrogens is 6. The number of likely N-dealkylation sites (N-methyl/N-ethyl adjacent to an activating group) is 1. The summed E-state index contributed by atoms with van der Waals surface area (Å²) in [6, 6.07) is 19.0. The van der Waals surface area contributed by atoms with Crippen LogP contribution in [0.2, 0.25) is 0 Å². The average Bonchev–Trinajstić information content (AvgIpc) is 3.58. The number of nitrogens with one attached hydrogen (secondary N) is 1. The summed E-state index contributed by atoms with van der Waals surface area (Å²) < 4.78 is 4.59. The first kappa shape index (κ1) is 26.2. The van der Waals surface area contributed by atoms with Gasteiger partial charge in [-0.05, 0) is 63.0 Å². The number of anilines is 3. The number of rotatable bonds is 8. The molecule has 0 saturated carbocycles. The average molecular weight is 550 g/mol. The SMILES string of the molecule is C=CCn1c(=O)c2cnc(Nc3ccc(N4CCC(N(C)C)C4)cc3)nc2n1-c1cccc(-n2ccccc2=O)n1.